The van der Waals surface area contributed by atoms with Crippen LogP contribution in [0.3, 0.4) is 0 Å². The first-order valence-corrected chi connectivity index (χ1v) is 9.09. The molecule has 1 saturated carbocycles. The van der Waals surface area contributed by atoms with Crippen molar-refractivity contribution in [3.05, 3.63) is 16.1 Å². The van der Waals surface area contributed by atoms with E-state index in [4.69, 9.17) is 5.11 Å². The van der Waals surface area contributed by atoms with Gasteiger partial charge in [-0.2, -0.15) is 11.8 Å². The number of rotatable bonds is 7. The molecule has 1 aliphatic carbocycles. The fourth-order valence-electron chi connectivity index (χ4n) is 2.45. The van der Waals surface area contributed by atoms with Crippen molar-refractivity contribution in [3.8, 4) is 0 Å². The zero-order valence-corrected chi connectivity index (χ0v) is 13.6. The molecule has 0 saturated heterocycles. The number of nitrogens with zero attached hydrogens (tertiary/aromatic N) is 1. The second-order valence-electron chi connectivity index (χ2n) is 5.27. The van der Waals surface area contributed by atoms with Crippen molar-refractivity contribution in [2.24, 2.45) is 5.92 Å². The van der Waals surface area contributed by atoms with Gasteiger partial charge in [-0.15, -0.1) is 11.3 Å². The number of carboxylic acids is 1. The standard InChI is InChI=1S/C14H20N2O3S2/c1-9-15-12(8-21-9)7-20-5-4-13(17)16-11-3-2-10(6-11)14(18)19/h8,10-11H,2-7H2,1H3,(H,16,17)(H,18,19). The Bertz CT molecular complexity index is 504. The van der Waals surface area contributed by atoms with E-state index in [2.05, 4.69) is 10.3 Å². The number of aliphatic carboxylic acids is 1. The van der Waals surface area contributed by atoms with Gasteiger partial charge in [-0.25, -0.2) is 4.98 Å². The normalized spacial score (nSPS) is 21.4. The van der Waals surface area contributed by atoms with Crippen LogP contribution in [-0.4, -0.2) is 33.8 Å². The molecule has 2 unspecified atom stereocenters. The van der Waals surface area contributed by atoms with Crippen LogP contribution in [0, 0.1) is 12.8 Å². The highest BCUT2D eigenvalue weighted by Gasteiger charge is 2.30. The average molecular weight is 328 g/mol. The van der Waals surface area contributed by atoms with E-state index in [1.54, 1.807) is 23.1 Å². The highest BCUT2D eigenvalue weighted by Crippen LogP contribution is 2.25. The lowest BCUT2D eigenvalue weighted by atomic mass is 10.1. The number of hydrogen-bond donors (Lipinski definition) is 2. The second kappa shape index (κ2) is 7.79. The largest absolute Gasteiger partial charge is 0.481 e. The molecular weight excluding hydrogens is 308 g/mol. The second-order valence-corrected chi connectivity index (χ2v) is 7.44. The summed E-state index contributed by atoms with van der Waals surface area (Å²) in [4.78, 5) is 27.0. The van der Waals surface area contributed by atoms with Crippen LogP contribution in [-0.2, 0) is 15.3 Å². The van der Waals surface area contributed by atoms with Gasteiger partial charge < -0.3 is 10.4 Å². The van der Waals surface area contributed by atoms with Crippen LogP contribution in [0.4, 0.5) is 0 Å². The summed E-state index contributed by atoms with van der Waals surface area (Å²) in [6, 6.07) is 0.0322. The maximum Gasteiger partial charge on any atom is 0.306 e. The Kier molecular flexibility index (Phi) is 6.05. The fraction of sp³-hybridized carbons (Fsp3) is 0.643. The summed E-state index contributed by atoms with van der Waals surface area (Å²) in [6.07, 6.45) is 2.47. The zero-order valence-electron chi connectivity index (χ0n) is 12.0. The van der Waals surface area contributed by atoms with Crippen LogP contribution < -0.4 is 5.32 Å². The summed E-state index contributed by atoms with van der Waals surface area (Å²) in [5.41, 5.74) is 1.07. The smallest absolute Gasteiger partial charge is 0.306 e. The number of thioether (sulfide) groups is 1. The number of aryl methyl sites for hydroxylation is 1. The van der Waals surface area contributed by atoms with Gasteiger partial charge in [0.25, 0.3) is 0 Å². The molecule has 21 heavy (non-hydrogen) atoms. The zero-order chi connectivity index (χ0) is 15.2. The van der Waals surface area contributed by atoms with Crippen molar-refractivity contribution in [3.63, 3.8) is 0 Å². The minimum Gasteiger partial charge on any atom is -0.481 e. The Morgan fingerprint density at radius 3 is 2.95 bits per heavy atom. The van der Waals surface area contributed by atoms with Crippen molar-refractivity contribution >= 4 is 35.0 Å². The van der Waals surface area contributed by atoms with Gasteiger partial charge in [0.1, 0.15) is 0 Å². The van der Waals surface area contributed by atoms with E-state index in [9.17, 15) is 9.59 Å². The van der Waals surface area contributed by atoms with Crippen LogP contribution in [0.15, 0.2) is 5.38 Å². The van der Waals surface area contributed by atoms with E-state index in [1.807, 2.05) is 12.3 Å². The summed E-state index contributed by atoms with van der Waals surface area (Å²) in [5.74, 6) is 0.575. The number of nitrogens with one attached hydrogen (secondary N) is 1. The van der Waals surface area contributed by atoms with Crippen molar-refractivity contribution in [2.45, 2.75) is 44.4 Å². The molecule has 1 amide bonds. The van der Waals surface area contributed by atoms with Gasteiger partial charge in [-0.1, -0.05) is 0 Å². The molecule has 2 atom stereocenters. The molecule has 2 rings (SSSR count). The predicted molar refractivity (Wildman–Crippen MR) is 84.5 cm³/mol. The average Bonchev–Trinajstić information content (AvgIpc) is 3.04. The summed E-state index contributed by atoms with van der Waals surface area (Å²) in [5, 5.41) is 15.0. The lowest BCUT2D eigenvalue weighted by molar-refractivity contribution is -0.141. The number of carbonyl (C=O) groups excluding carboxylic acids is 1. The summed E-state index contributed by atoms with van der Waals surface area (Å²) in [6.45, 7) is 1.98. The molecule has 0 spiro atoms. The van der Waals surface area contributed by atoms with Crippen LogP contribution >= 0.6 is 23.1 Å². The molecule has 2 N–H and O–H groups in total. The summed E-state index contributed by atoms with van der Waals surface area (Å²) in [7, 11) is 0. The highest BCUT2D eigenvalue weighted by atomic mass is 32.2. The molecule has 0 bridgehead atoms. The molecule has 1 aromatic heterocycles. The molecule has 116 valence electrons. The van der Waals surface area contributed by atoms with Gasteiger partial charge in [0.05, 0.1) is 16.6 Å². The number of carbonyl (C=O) groups is 2. The third kappa shape index (κ3) is 5.32. The highest BCUT2D eigenvalue weighted by molar-refractivity contribution is 7.98. The Labute approximate surface area is 132 Å². The van der Waals surface area contributed by atoms with E-state index in [1.165, 1.54) is 0 Å². The summed E-state index contributed by atoms with van der Waals surface area (Å²) >= 11 is 3.34. The van der Waals surface area contributed by atoms with E-state index in [0.29, 0.717) is 19.3 Å². The third-order valence-corrected chi connectivity index (χ3v) is 5.35. The Balaban J connectivity index is 1.59. The number of carboxylic acid groups (broad SMARTS) is 1. The van der Waals surface area contributed by atoms with Crippen molar-refractivity contribution in [1.29, 1.82) is 0 Å². The Morgan fingerprint density at radius 1 is 1.52 bits per heavy atom. The number of aromatic nitrogens is 1. The van der Waals surface area contributed by atoms with E-state index < -0.39 is 5.97 Å². The van der Waals surface area contributed by atoms with Gasteiger partial charge >= 0.3 is 5.97 Å². The lowest BCUT2D eigenvalue weighted by Crippen LogP contribution is -2.33. The molecular formula is C14H20N2O3S2. The van der Waals surface area contributed by atoms with E-state index >= 15 is 0 Å². The molecule has 0 aromatic carbocycles. The van der Waals surface area contributed by atoms with Crippen molar-refractivity contribution < 1.29 is 14.7 Å². The fourth-order valence-corrected chi connectivity index (χ4v) is 4.00. The van der Waals surface area contributed by atoms with Crippen LogP contribution in [0.5, 0.6) is 0 Å². The predicted octanol–water partition coefficient (Wildman–Crippen LogP) is 2.44. The van der Waals surface area contributed by atoms with E-state index in [0.717, 1.165) is 28.6 Å². The minimum atomic E-state index is -0.749. The van der Waals surface area contributed by atoms with E-state index in [-0.39, 0.29) is 17.9 Å². The molecule has 0 radical (unpaired) electrons. The van der Waals surface area contributed by atoms with Crippen LogP contribution in [0.2, 0.25) is 0 Å². The molecule has 1 aliphatic rings. The topological polar surface area (TPSA) is 79.3 Å². The molecule has 7 heteroatoms. The molecule has 1 fully saturated rings. The number of hydrogen-bond acceptors (Lipinski definition) is 5. The first-order chi connectivity index (χ1) is 10.0. The van der Waals surface area contributed by atoms with Gasteiger partial charge in [0, 0.05) is 29.3 Å². The monoisotopic (exact) mass is 328 g/mol. The summed E-state index contributed by atoms with van der Waals surface area (Å²) < 4.78 is 0. The maximum atomic E-state index is 11.8. The molecule has 1 heterocycles. The first kappa shape index (κ1) is 16.3. The van der Waals surface area contributed by atoms with Crippen molar-refractivity contribution in [1.82, 2.24) is 10.3 Å². The quantitative estimate of drug-likeness (QED) is 0.752. The molecule has 5 nitrogen and oxygen atoms in total. The van der Waals surface area contributed by atoms with Gasteiger partial charge in [-0.3, -0.25) is 9.59 Å². The SMILES string of the molecule is Cc1nc(CSCCC(=O)NC2CCC(C(=O)O)C2)cs1. The number of thiazole rings is 1. The van der Waals surface area contributed by atoms with Crippen LogP contribution in [0.25, 0.3) is 0 Å². The lowest BCUT2D eigenvalue weighted by Gasteiger charge is -2.12. The molecule has 0 aliphatic heterocycles. The van der Waals surface area contributed by atoms with Gasteiger partial charge in [-0.05, 0) is 26.2 Å². The molecule has 1 aromatic rings. The Morgan fingerprint density at radius 2 is 2.33 bits per heavy atom. The minimum absolute atomic E-state index is 0.0213. The number of amides is 1. The first-order valence-electron chi connectivity index (χ1n) is 7.05. The van der Waals surface area contributed by atoms with Gasteiger partial charge in [0.15, 0.2) is 0 Å². The third-order valence-electron chi connectivity index (χ3n) is 3.54. The maximum absolute atomic E-state index is 11.8. The van der Waals surface area contributed by atoms with Crippen LogP contribution in [0.1, 0.15) is 36.4 Å². The Hall–Kier alpha value is -1.08. The van der Waals surface area contributed by atoms with Gasteiger partial charge in [0.2, 0.25) is 5.91 Å². The van der Waals surface area contributed by atoms with Crippen molar-refractivity contribution in [2.75, 3.05) is 5.75 Å².